The van der Waals surface area contributed by atoms with Crippen molar-refractivity contribution in [2.45, 2.75) is 25.8 Å². The van der Waals surface area contributed by atoms with Gasteiger partial charge in [-0.05, 0) is 38.5 Å². The largest absolute Gasteiger partial charge is 0.325 e. The van der Waals surface area contributed by atoms with Gasteiger partial charge in [-0.25, -0.2) is 9.97 Å². The van der Waals surface area contributed by atoms with E-state index in [0.29, 0.717) is 11.3 Å². The zero-order valence-electron chi connectivity index (χ0n) is 14.1. The molecule has 1 amide bonds. The molecule has 0 aliphatic carbocycles. The fraction of sp³-hybridized carbons (Fsp3) is 0.222. The van der Waals surface area contributed by atoms with Gasteiger partial charge in [0.15, 0.2) is 5.78 Å². The summed E-state index contributed by atoms with van der Waals surface area (Å²) in [5, 5.41) is 4.67. The number of thioether (sulfide) groups is 1. The topological polar surface area (TPSA) is 72.0 Å². The monoisotopic (exact) mass is 371 g/mol. The van der Waals surface area contributed by atoms with Crippen LogP contribution in [0.4, 0.5) is 5.69 Å². The molecule has 128 valence electrons. The predicted molar refractivity (Wildman–Crippen MR) is 103 cm³/mol. The molecule has 0 bridgehead atoms. The third-order valence-electron chi connectivity index (χ3n) is 3.82. The Bertz CT molecular complexity index is 966. The number of nitrogens with zero attached hydrogens (tertiary/aromatic N) is 2. The Morgan fingerprint density at radius 3 is 2.80 bits per heavy atom. The first-order valence-corrected chi connectivity index (χ1v) is 9.50. The van der Waals surface area contributed by atoms with Gasteiger partial charge in [0.25, 0.3) is 0 Å². The molecule has 1 aromatic carbocycles. The Balaban J connectivity index is 1.71. The lowest BCUT2D eigenvalue weighted by Crippen LogP contribution is -2.14. The summed E-state index contributed by atoms with van der Waals surface area (Å²) in [6.45, 7) is 5.61. The minimum atomic E-state index is -0.137. The van der Waals surface area contributed by atoms with Crippen LogP contribution >= 0.6 is 23.1 Å². The van der Waals surface area contributed by atoms with Crippen LogP contribution in [0.2, 0.25) is 0 Å². The highest BCUT2D eigenvalue weighted by Crippen LogP contribution is 2.34. The maximum Gasteiger partial charge on any atom is 0.234 e. The Hall–Kier alpha value is -2.25. The van der Waals surface area contributed by atoms with Crippen molar-refractivity contribution in [1.29, 1.82) is 0 Å². The molecule has 5 nitrogen and oxygen atoms in total. The lowest BCUT2D eigenvalue weighted by molar-refractivity contribution is -0.113. The molecule has 25 heavy (non-hydrogen) atoms. The van der Waals surface area contributed by atoms with Gasteiger partial charge in [0.05, 0.1) is 5.75 Å². The van der Waals surface area contributed by atoms with E-state index < -0.39 is 0 Å². The second-order valence-electron chi connectivity index (χ2n) is 5.62. The van der Waals surface area contributed by atoms with Crippen LogP contribution in [-0.4, -0.2) is 27.4 Å². The van der Waals surface area contributed by atoms with E-state index in [9.17, 15) is 9.59 Å². The number of benzene rings is 1. The smallest absolute Gasteiger partial charge is 0.234 e. The quantitative estimate of drug-likeness (QED) is 0.412. The number of aromatic nitrogens is 2. The lowest BCUT2D eigenvalue weighted by atomic mass is 10.1. The second-order valence-corrected chi connectivity index (χ2v) is 7.78. The number of thiophene rings is 1. The number of anilines is 1. The van der Waals surface area contributed by atoms with Gasteiger partial charge in [0.2, 0.25) is 5.91 Å². The van der Waals surface area contributed by atoms with E-state index >= 15 is 0 Å². The van der Waals surface area contributed by atoms with Crippen molar-refractivity contribution in [1.82, 2.24) is 9.97 Å². The van der Waals surface area contributed by atoms with Crippen LogP contribution in [-0.2, 0) is 4.79 Å². The van der Waals surface area contributed by atoms with Gasteiger partial charge in [-0.15, -0.1) is 11.3 Å². The molecule has 0 saturated carbocycles. The van der Waals surface area contributed by atoms with E-state index in [4.69, 9.17) is 0 Å². The molecule has 0 aliphatic heterocycles. The Morgan fingerprint density at radius 1 is 1.24 bits per heavy atom. The van der Waals surface area contributed by atoms with Crippen molar-refractivity contribution in [3.8, 4) is 0 Å². The highest BCUT2D eigenvalue weighted by molar-refractivity contribution is 8.00. The third-order valence-corrected chi connectivity index (χ3v) is 5.93. The first kappa shape index (κ1) is 17.6. The number of amides is 1. The molecule has 0 spiro atoms. The number of rotatable bonds is 5. The zero-order chi connectivity index (χ0) is 18.0. The van der Waals surface area contributed by atoms with E-state index in [2.05, 4.69) is 29.1 Å². The van der Waals surface area contributed by atoms with Crippen LogP contribution in [0.5, 0.6) is 0 Å². The fourth-order valence-electron chi connectivity index (χ4n) is 2.41. The molecule has 3 rings (SSSR count). The highest BCUT2D eigenvalue weighted by Gasteiger charge is 2.14. The molecule has 0 saturated heterocycles. The van der Waals surface area contributed by atoms with E-state index in [1.807, 2.05) is 0 Å². The Labute approximate surface area is 153 Å². The van der Waals surface area contributed by atoms with E-state index in [1.165, 1.54) is 29.9 Å². The number of hydrogen-bond donors (Lipinski definition) is 1. The highest BCUT2D eigenvalue weighted by atomic mass is 32.2. The average Bonchev–Trinajstić information content (AvgIpc) is 2.88. The standard InChI is InChI=1S/C18H17N3O2S2/c1-10-12(3)25-18-16(10)17(19-9-20-18)24-8-15(23)21-14-6-4-5-13(7-14)11(2)22/h4-7,9H,8H2,1-3H3,(H,21,23). The SMILES string of the molecule is CC(=O)c1cccc(NC(=O)CSc2ncnc3sc(C)c(C)c23)c1. The Kier molecular flexibility index (Phi) is 5.15. The van der Waals surface area contributed by atoms with Crippen molar-refractivity contribution in [2.75, 3.05) is 11.1 Å². The van der Waals surface area contributed by atoms with Crippen molar-refractivity contribution in [3.63, 3.8) is 0 Å². The summed E-state index contributed by atoms with van der Waals surface area (Å²) in [6.07, 6.45) is 1.54. The van der Waals surface area contributed by atoms with E-state index in [1.54, 1.807) is 35.6 Å². The van der Waals surface area contributed by atoms with Crippen LogP contribution in [0.25, 0.3) is 10.2 Å². The number of ketones is 1. The number of hydrogen-bond acceptors (Lipinski definition) is 6. The van der Waals surface area contributed by atoms with Crippen molar-refractivity contribution >= 4 is 50.7 Å². The minimum Gasteiger partial charge on any atom is -0.325 e. The minimum absolute atomic E-state index is 0.0304. The van der Waals surface area contributed by atoms with Crippen LogP contribution in [0.15, 0.2) is 35.6 Å². The second kappa shape index (κ2) is 7.33. The van der Waals surface area contributed by atoms with Crippen LogP contribution < -0.4 is 5.32 Å². The summed E-state index contributed by atoms with van der Waals surface area (Å²) < 4.78 is 0. The first-order valence-electron chi connectivity index (χ1n) is 7.70. The lowest BCUT2D eigenvalue weighted by Gasteiger charge is -2.07. The summed E-state index contributed by atoms with van der Waals surface area (Å²) in [5.41, 5.74) is 2.36. The van der Waals surface area contributed by atoms with Crippen LogP contribution in [0.1, 0.15) is 27.7 Å². The fourth-order valence-corrected chi connectivity index (χ4v) is 4.32. The first-order chi connectivity index (χ1) is 12.0. The zero-order valence-corrected chi connectivity index (χ0v) is 15.8. The summed E-state index contributed by atoms with van der Waals surface area (Å²) in [4.78, 5) is 34.5. The van der Waals surface area contributed by atoms with Crippen LogP contribution in [0, 0.1) is 13.8 Å². The van der Waals surface area contributed by atoms with Gasteiger partial charge in [-0.2, -0.15) is 0 Å². The van der Waals surface area contributed by atoms with E-state index in [-0.39, 0.29) is 17.4 Å². The number of fused-ring (bicyclic) bond motifs is 1. The predicted octanol–water partition coefficient (Wildman–Crippen LogP) is 4.24. The maximum absolute atomic E-state index is 12.2. The average molecular weight is 371 g/mol. The summed E-state index contributed by atoms with van der Waals surface area (Å²) in [7, 11) is 0. The number of aryl methyl sites for hydroxylation is 2. The molecule has 3 aromatic rings. The molecule has 0 aliphatic rings. The Morgan fingerprint density at radius 2 is 2.04 bits per heavy atom. The number of carbonyl (C=O) groups is 2. The van der Waals surface area contributed by atoms with Gasteiger partial charge < -0.3 is 5.32 Å². The molecule has 1 N–H and O–H groups in total. The molecular weight excluding hydrogens is 354 g/mol. The molecule has 0 fully saturated rings. The van der Waals surface area contributed by atoms with Gasteiger partial charge in [-0.3, -0.25) is 9.59 Å². The number of nitrogens with one attached hydrogen (secondary N) is 1. The number of carbonyl (C=O) groups excluding carboxylic acids is 2. The van der Waals surface area contributed by atoms with E-state index in [0.717, 1.165) is 20.8 Å². The molecule has 0 atom stereocenters. The van der Waals surface area contributed by atoms with Crippen molar-refractivity contribution in [3.05, 3.63) is 46.6 Å². The van der Waals surface area contributed by atoms with Gasteiger partial charge in [0.1, 0.15) is 16.2 Å². The molecular formula is C18H17N3O2S2. The van der Waals surface area contributed by atoms with Gasteiger partial charge >= 0.3 is 0 Å². The summed E-state index contributed by atoms with van der Waals surface area (Å²) >= 11 is 3.03. The molecule has 2 heterocycles. The third kappa shape index (κ3) is 3.88. The van der Waals surface area contributed by atoms with Gasteiger partial charge in [-0.1, -0.05) is 23.9 Å². The van der Waals surface area contributed by atoms with Crippen molar-refractivity contribution < 1.29 is 9.59 Å². The normalized spacial score (nSPS) is 10.8. The molecule has 2 aromatic heterocycles. The molecule has 0 radical (unpaired) electrons. The maximum atomic E-state index is 12.2. The number of Topliss-reactive ketones (excluding diaryl/α,β-unsaturated/α-hetero) is 1. The van der Waals surface area contributed by atoms with Crippen molar-refractivity contribution in [2.24, 2.45) is 0 Å². The summed E-state index contributed by atoms with van der Waals surface area (Å²) in [6, 6.07) is 6.93. The van der Waals surface area contributed by atoms with Crippen LogP contribution in [0.3, 0.4) is 0 Å². The molecule has 0 unspecified atom stereocenters. The van der Waals surface area contributed by atoms with Gasteiger partial charge in [0, 0.05) is 21.5 Å². The molecule has 7 heteroatoms. The summed E-state index contributed by atoms with van der Waals surface area (Å²) in [5.74, 6) is 0.0734.